The molecule has 0 aliphatic heterocycles. The Morgan fingerprint density at radius 3 is 1.43 bits per heavy atom. The fourth-order valence-electron chi connectivity index (χ4n) is 8.22. The zero-order valence-electron chi connectivity index (χ0n) is 29.3. The molecule has 8 heteroatoms. The highest BCUT2D eigenvalue weighted by molar-refractivity contribution is 6.23. The molecule has 10 aromatic rings. The number of hydrogen-bond acceptors (Lipinski definition) is 8. The van der Waals surface area contributed by atoms with Crippen molar-refractivity contribution in [3.05, 3.63) is 140 Å². The number of hydrogen-bond donors (Lipinski definition) is 7. The van der Waals surface area contributed by atoms with Crippen molar-refractivity contribution in [1.29, 1.82) is 0 Å². The Kier molecular flexibility index (Phi) is 7.08. The van der Waals surface area contributed by atoms with Crippen molar-refractivity contribution in [3.8, 4) is 84.8 Å². The third-order valence-corrected chi connectivity index (χ3v) is 10.8. The van der Waals surface area contributed by atoms with Crippen molar-refractivity contribution in [2.45, 2.75) is 0 Å². The van der Waals surface area contributed by atoms with Crippen molar-refractivity contribution in [3.63, 3.8) is 0 Å². The number of phenols is 7. The van der Waals surface area contributed by atoms with Crippen molar-refractivity contribution in [2.75, 3.05) is 0 Å². The third-order valence-electron chi connectivity index (χ3n) is 10.8. The fourth-order valence-corrected chi connectivity index (χ4v) is 8.22. The van der Waals surface area contributed by atoms with Crippen LogP contribution in [0.1, 0.15) is 0 Å². The van der Waals surface area contributed by atoms with Crippen LogP contribution in [0.5, 0.6) is 40.2 Å². The van der Waals surface area contributed by atoms with Gasteiger partial charge in [-0.15, -0.1) is 0 Å². The smallest absolute Gasteiger partial charge is 0.205 e. The van der Waals surface area contributed by atoms with E-state index in [9.17, 15) is 35.7 Å². The van der Waals surface area contributed by atoms with Crippen LogP contribution in [0.4, 0.5) is 0 Å². The standard InChI is InChI=1S/C48H30O8/c49-42-39(40-41(44(51)46(42)53)45(52)48(55)47(54)43(40)50)28-18-20-32-34(23-28)38(31-12-5-4-11-30(31)37(32)25-8-2-1-3-9-25)26-16-14-24(15-17-26)27-19-21-36-33(22-27)29-10-6-7-13-35(29)56-36/h1-23,49-55H. The average molecular weight is 735 g/mol. The molecule has 0 radical (unpaired) electrons. The summed E-state index contributed by atoms with van der Waals surface area (Å²) >= 11 is 0. The molecule has 0 fully saturated rings. The van der Waals surface area contributed by atoms with E-state index in [1.54, 1.807) is 12.1 Å². The van der Waals surface area contributed by atoms with Gasteiger partial charge in [-0.3, -0.25) is 0 Å². The molecular weight excluding hydrogens is 705 g/mol. The minimum absolute atomic E-state index is 0.182. The number of fused-ring (bicyclic) bond motifs is 6. The zero-order valence-corrected chi connectivity index (χ0v) is 29.3. The van der Waals surface area contributed by atoms with Gasteiger partial charge in [0, 0.05) is 21.7 Å². The van der Waals surface area contributed by atoms with E-state index >= 15 is 0 Å². The summed E-state index contributed by atoms with van der Waals surface area (Å²) in [6.07, 6.45) is 0. The van der Waals surface area contributed by atoms with Gasteiger partial charge in [0.15, 0.2) is 23.0 Å². The van der Waals surface area contributed by atoms with E-state index in [0.29, 0.717) is 0 Å². The van der Waals surface area contributed by atoms with Crippen LogP contribution in [0.15, 0.2) is 144 Å². The second kappa shape index (κ2) is 12.1. The van der Waals surface area contributed by atoms with Gasteiger partial charge in [0.2, 0.25) is 17.2 Å². The number of para-hydroxylation sites is 1. The highest BCUT2D eigenvalue weighted by Gasteiger charge is 2.30. The monoisotopic (exact) mass is 734 g/mol. The predicted molar refractivity (Wildman–Crippen MR) is 220 cm³/mol. The van der Waals surface area contributed by atoms with Gasteiger partial charge in [-0.05, 0) is 84.8 Å². The maximum Gasteiger partial charge on any atom is 0.205 e. The van der Waals surface area contributed by atoms with Gasteiger partial charge < -0.3 is 40.2 Å². The summed E-state index contributed by atoms with van der Waals surface area (Å²) in [5.41, 5.74) is 7.49. The maximum absolute atomic E-state index is 11.4. The zero-order chi connectivity index (χ0) is 38.4. The van der Waals surface area contributed by atoms with Gasteiger partial charge in [0.25, 0.3) is 0 Å². The van der Waals surface area contributed by atoms with E-state index in [1.807, 2.05) is 78.9 Å². The molecule has 10 rings (SSSR count). The molecule has 56 heavy (non-hydrogen) atoms. The molecule has 0 unspecified atom stereocenters. The summed E-state index contributed by atoms with van der Waals surface area (Å²) in [5.74, 6) is -6.80. The van der Waals surface area contributed by atoms with E-state index in [2.05, 4.69) is 48.5 Å². The van der Waals surface area contributed by atoms with E-state index in [0.717, 1.165) is 76.9 Å². The quantitative estimate of drug-likeness (QED) is 0.0535. The molecule has 9 aromatic carbocycles. The van der Waals surface area contributed by atoms with E-state index < -0.39 is 45.6 Å². The summed E-state index contributed by atoms with van der Waals surface area (Å²) in [6.45, 7) is 0. The molecule has 0 atom stereocenters. The Morgan fingerprint density at radius 2 is 0.732 bits per heavy atom. The summed E-state index contributed by atoms with van der Waals surface area (Å²) in [7, 11) is 0. The minimum Gasteiger partial charge on any atom is -0.504 e. The molecule has 0 aliphatic rings. The Balaban J connectivity index is 1.25. The van der Waals surface area contributed by atoms with Crippen LogP contribution in [0, 0.1) is 0 Å². The molecule has 0 saturated heterocycles. The highest BCUT2D eigenvalue weighted by atomic mass is 16.4. The normalized spacial score (nSPS) is 11.7. The number of benzene rings is 9. The number of furan rings is 1. The lowest BCUT2D eigenvalue weighted by atomic mass is 9.84. The largest absolute Gasteiger partial charge is 0.504 e. The van der Waals surface area contributed by atoms with Gasteiger partial charge in [0.1, 0.15) is 11.2 Å². The molecule has 0 amide bonds. The van der Waals surface area contributed by atoms with Crippen LogP contribution in [-0.4, -0.2) is 35.7 Å². The molecule has 1 heterocycles. The molecule has 0 spiro atoms. The topological polar surface area (TPSA) is 155 Å². The third kappa shape index (κ3) is 4.66. The van der Waals surface area contributed by atoms with Crippen molar-refractivity contribution in [2.24, 2.45) is 0 Å². The molecule has 0 saturated carbocycles. The first-order valence-electron chi connectivity index (χ1n) is 17.8. The molecule has 7 N–H and O–H groups in total. The van der Waals surface area contributed by atoms with Crippen LogP contribution in [0.3, 0.4) is 0 Å². The maximum atomic E-state index is 11.4. The molecule has 270 valence electrons. The van der Waals surface area contributed by atoms with Crippen LogP contribution in [0.25, 0.3) is 98.8 Å². The first kappa shape index (κ1) is 32.8. The Labute approximate surface area is 317 Å². The van der Waals surface area contributed by atoms with Crippen LogP contribution >= 0.6 is 0 Å². The second-order valence-electron chi connectivity index (χ2n) is 13.9. The lowest BCUT2D eigenvalue weighted by Crippen LogP contribution is -1.93. The second-order valence-corrected chi connectivity index (χ2v) is 13.9. The first-order valence-corrected chi connectivity index (χ1v) is 17.8. The van der Waals surface area contributed by atoms with Crippen LogP contribution in [-0.2, 0) is 0 Å². The van der Waals surface area contributed by atoms with E-state index in [1.165, 1.54) is 0 Å². The molecule has 0 bridgehead atoms. The summed E-state index contributed by atoms with van der Waals surface area (Å²) in [4.78, 5) is 0. The number of rotatable bonds is 4. The lowest BCUT2D eigenvalue weighted by molar-refractivity contribution is 0.347. The number of phenolic OH excluding ortho intramolecular Hbond substituents is 7. The van der Waals surface area contributed by atoms with Gasteiger partial charge in [-0.2, -0.15) is 0 Å². The van der Waals surface area contributed by atoms with E-state index in [-0.39, 0.29) is 16.5 Å². The average Bonchev–Trinajstić information content (AvgIpc) is 3.61. The summed E-state index contributed by atoms with van der Waals surface area (Å²) in [5, 5.41) is 80.5. The minimum atomic E-state index is -1.09. The van der Waals surface area contributed by atoms with Gasteiger partial charge >= 0.3 is 0 Å². The molecule has 1 aromatic heterocycles. The molecule has 8 nitrogen and oxygen atoms in total. The first-order chi connectivity index (χ1) is 27.2. The molecule has 0 aliphatic carbocycles. The van der Waals surface area contributed by atoms with Gasteiger partial charge in [0.05, 0.1) is 5.39 Å². The van der Waals surface area contributed by atoms with Crippen molar-refractivity contribution in [1.82, 2.24) is 0 Å². The van der Waals surface area contributed by atoms with E-state index in [4.69, 9.17) is 4.42 Å². The Hall–Kier alpha value is -7.84. The lowest BCUT2D eigenvalue weighted by Gasteiger charge is -2.20. The fraction of sp³-hybridized carbons (Fsp3) is 0. The van der Waals surface area contributed by atoms with Crippen LogP contribution < -0.4 is 0 Å². The highest BCUT2D eigenvalue weighted by Crippen LogP contribution is 2.60. The number of aromatic hydroxyl groups is 7. The Morgan fingerprint density at radius 1 is 0.268 bits per heavy atom. The summed E-state index contributed by atoms with van der Waals surface area (Å²) < 4.78 is 6.06. The van der Waals surface area contributed by atoms with Crippen molar-refractivity contribution >= 4 is 54.3 Å². The predicted octanol–water partition coefficient (Wildman–Crippen LogP) is 11.7. The van der Waals surface area contributed by atoms with Crippen LogP contribution in [0.2, 0.25) is 0 Å². The van der Waals surface area contributed by atoms with Gasteiger partial charge in [-0.1, -0.05) is 115 Å². The summed E-state index contributed by atoms with van der Waals surface area (Å²) in [6, 6.07) is 45.9. The Bertz CT molecular complexity index is 3250. The SMILES string of the molecule is Oc1c(O)c(O)c2c(-c3ccc4c(-c5ccccc5)c5ccccc5c(-c5ccc(-c6ccc7oc8ccccc8c7c6)cc5)c4c3)c(O)c(O)c(O)c2c1O. The molecular formula is C48H30O8. The van der Waals surface area contributed by atoms with Gasteiger partial charge in [-0.25, -0.2) is 0 Å². The van der Waals surface area contributed by atoms with Crippen molar-refractivity contribution < 1.29 is 40.2 Å².